The van der Waals surface area contributed by atoms with E-state index in [4.69, 9.17) is 0 Å². The van der Waals surface area contributed by atoms with Gasteiger partial charge in [-0.25, -0.2) is 0 Å². The van der Waals surface area contributed by atoms with Crippen LogP contribution in [0.25, 0.3) is 16.8 Å². The molecule has 0 aliphatic heterocycles. The molecule has 0 N–H and O–H groups in total. The zero-order valence-electron chi connectivity index (χ0n) is 7.77. The Morgan fingerprint density at radius 3 is 2.79 bits per heavy atom. The smallest absolute Gasteiger partial charge is 0.0179 e. The van der Waals surface area contributed by atoms with Crippen molar-refractivity contribution in [1.29, 1.82) is 0 Å². The van der Waals surface area contributed by atoms with E-state index in [2.05, 4.69) is 57.8 Å². The van der Waals surface area contributed by atoms with E-state index >= 15 is 0 Å². The summed E-state index contributed by atoms with van der Waals surface area (Å²) in [5.41, 5.74) is 3.30. The Kier molecular flexibility index (Phi) is 1.72. The summed E-state index contributed by atoms with van der Waals surface area (Å²) in [6.07, 6.45) is 4.45. The summed E-state index contributed by atoms with van der Waals surface area (Å²) in [5.74, 6) is 0. The van der Waals surface area contributed by atoms with Gasteiger partial charge in [0.05, 0.1) is 0 Å². The fourth-order valence-electron chi connectivity index (χ4n) is 2.13. The number of hydrogen-bond acceptors (Lipinski definition) is 0. The molecule has 0 aromatic heterocycles. The van der Waals surface area contributed by atoms with Gasteiger partial charge in [-0.1, -0.05) is 48.6 Å². The molecule has 14 heavy (non-hydrogen) atoms. The Bertz CT molecular complexity index is 526. The van der Waals surface area contributed by atoms with Crippen LogP contribution in [-0.2, 0) is 0 Å². The predicted octanol–water partition coefficient (Wildman–Crippen LogP) is 3.78. The molecular formula is C13H11P. The summed E-state index contributed by atoms with van der Waals surface area (Å²) >= 11 is 0. The monoisotopic (exact) mass is 198 g/mol. The van der Waals surface area contributed by atoms with Gasteiger partial charge in [0.1, 0.15) is 0 Å². The van der Waals surface area contributed by atoms with Crippen molar-refractivity contribution in [2.45, 2.75) is 5.66 Å². The lowest BCUT2D eigenvalue weighted by Gasteiger charge is -2.08. The molecule has 0 bridgehead atoms. The van der Waals surface area contributed by atoms with E-state index < -0.39 is 0 Å². The van der Waals surface area contributed by atoms with E-state index in [1.807, 2.05) is 0 Å². The molecule has 1 aliphatic carbocycles. The minimum Gasteiger partial charge on any atom is -0.126 e. The van der Waals surface area contributed by atoms with Gasteiger partial charge in [0, 0.05) is 5.66 Å². The summed E-state index contributed by atoms with van der Waals surface area (Å²) in [5, 5.41) is 2.72. The molecule has 0 nitrogen and oxygen atoms in total. The average molecular weight is 198 g/mol. The minimum atomic E-state index is 0.483. The molecule has 2 aromatic carbocycles. The molecule has 0 saturated carbocycles. The highest BCUT2D eigenvalue weighted by molar-refractivity contribution is 7.17. The molecule has 0 heterocycles. The molecular weight excluding hydrogens is 187 g/mol. The lowest BCUT2D eigenvalue weighted by Crippen LogP contribution is -1.86. The summed E-state index contributed by atoms with van der Waals surface area (Å²) in [4.78, 5) is 0. The van der Waals surface area contributed by atoms with Crippen molar-refractivity contribution in [2.75, 3.05) is 0 Å². The molecule has 0 fully saturated rings. The third-order valence-electron chi connectivity index (χ3n) is 2.82. The molecule has 1 aliphatic rings. The van der Waals surface area contributed by atoms with E-state index in [0.717, 1.165) is 0 Å². The first kappa shape index (κ1) is 8.20. The van der Waals surface area contributed by atoms with Crippen LogP contribution >= 0.6 is 9.24 Å². The lowest BCUT2D eigenvalue weighted by atomic mass is 10.0. The van der Waals surface area contributed by atoms with Crippen LogP contribution in [0.4, 0.5) is 0 Å². The van der Waals surface area contributed by atoms with Gasteiger partial charge in [-0.05, 0) is 21.9 Å². The maximum Gasteiger partial charge on any atom is 0.0179 e. The summed E-state index contributed by atoms with van der Waals surface area (Å²) in [6.45, 7) is 0. The molecule has 68 valence electrons. The van der Waals surface area contributed by atoms with Crippen molar-refractivity contribution >= 4 is 26.1 Å². The van der Waals surface area contributed by atoms with E-state index in [9.17, 15) is 0 Å². The molecule has 2 aromatic rings. The second-order valence-electron chi connectivity index (χ2n) is 3.67. The van der Waals surface area contributed by atoms with Crippen molar-refractivity contribution in [1.82, 2.24) is 0 Å². The number of fused-ring (bicyclic) bond motifs is 3. The van der Waals surface area contributed by atoms with E-state index in [0.29, 0.717) is 5.66 Å². The van der Waals surface area contributed by atoms with Crippen LogP contribution < -0.4 is 0 Å². The van der Waals surface area contributed by atoms with Crippen LogP contribution in [0.1, 0.15) is 16.8 Å². The van der Waals surface area contributed by atoms with Crippen LogP contribution in [0.2, 0.25) is 0 Å². The van der Waals surface area contributed by atoms with Crippen LogP contribution in [-0.4, -0.2) is 0 Å². The molecule has 0 radical (unpaired) electrons. The SMILES string of the molecule is PC1C=Cc2ccc3ccccc3c21. The Hall–Kier alpha value is -1.13. The van der Waals surface area contributed by atoms with Gasteiger partial charge in [0.2, 0.25) is 0 Å². The van der Waals surface area contributed by atoms with Crippen molar-refractivity contribution in [2.24, 2.45) is 0 Å². The fourth-order valence-corrected chi connectivity index (χ4v) is 2.62. The normalized spacial score (nSPS) is 18.8. The number of hydrogen-bond donors (Lipinski definition) is 0. The molecule has 2 unspecified atom stereocenters. The molecule has 0 spiro atoms. The van der Waals surface area contributed by atoms with Crippen molar-refractivity contribution in [3.63, 3.8) is 0 Å². The zero-order valence-corrected chi connectivity index (χ0v) is 8.93. The number of benzene rings is 2. The third-order valence-corrected chi connectivity index (χ3v) is 3.38. The first-order valence-corrected chi connectivity index (χ1v) is 5.48. The molecule has 3 rings (SSSR count). The van der Waals surface area contributed by atoms with Gasteiger partial charge in [0.15, 0.2) is 0 Å². The fraction of sp³-hybridized carbons (Fsp3) is 0.0769. The molecule has 1 heteroatoms. The Labute approximate surface area is 85.8 Å². The maximum absolute atomic E-state index is 2.89. The third kappa shape index (κ3) is 1.04. The van der Waals surface area contributed by atoms with Gasteiger partial charge < -0.3 is 0 Å². The largest absolute Gasteiger partial charge is 0.126 e. The van der Waals surface area contributed by atoms with Crippen LogP contribution in [0.3, 0.4) is 0 Å². The average Bonchev–Trinajstić information content (AvgIpc) is 2.61. The van der Waals surface area contributed by atoms with Crippen LogP contribution in [0, 0.1) is 0 Å². The minimum absolute atomic E-state index is 0.483. The van der Waals surface area contributed by atoms with E-state index in [1.54, 1.807) is 0 Å². The lowest BCUT2D eigenvalue weighted by molar-refractivity contribution is 1.30. The second-order valence-corrected chi connectivity index (χ2v) is 4.39. The highest BCUT2D eigenvalue weighted by Crippen LogP contribution is 2.39. The number of allylic oxidation sites excluding steroid dienone is 1. The van der Waals surface area contributed by atoms with E-state index in [1.165, 1.54) is 21.9 Å². The summed E-state index contributed by atoms with van der Waals surface area (Å²) in [7, 11) is 2.89. The maximum atomic E-state index is 2.89. The van der Waals surface area contributed by atoms with Gasteiger partial charge in [-0.15, -0.1) is 9.24 Å². The number of rotatable bonds is 0. The molecule has 2 atom stereocenters. The first-order chi connectivity index (χ1) is 6.86. The van der Waals surface area contributed by atoms with Crippen molar-refractivity contribution in [3.05, 3.63) is 53.6 Å². The van der Waals surface area contributed by atoms with E-state index in [-0.39, 0.29) is 0 Å². The standard InChI is InChI=1S/C13H11P/c14-12-8-7-10-6-5-9-3-1-2-4-11(9)13(10)12/h1-8,12H,14H2. The second kappa shape index (κ2) is 2.93. The molecule has 0 amide bonds. The quantitative estimate of drug-likeness (QED) is 0.565. The van der Waals surface area contributed by atoms with Crippen LogP contribution in [0.15, 0.2) is 42.5 Å². The van der Waals surface area contributed by atoms with Gasteiger partial charge in [-0.2, -0.15) is 0 Å². The molecule has 0 saturated heterocycles. The Balaban J connectivity index is 2.44. The summed E-state index contributed by atoms with van der Waals surface area (Å²) in [6, 6.07) is 13.0. The first-order valence-electron chi connectivity index (χ1n) is 4.82. The van der Waals surface area contributed by atoms with Crippen LogP contribution in [0.5, 0.6) is 0 Å². The topological polar surface area (TPSA) is 0 Å². The Morgan fingerprint density at radius 2 is 1.86 bits per heavy atom. The van der Waals surface area contributed by atoms with Crippen molar-refractivity contribution in [3.8, 4) is 0 Å². The van der Waals surface area contributed by atoms with Gasteiger partial charge in [-0.3, -0.25) is 0 Å². The van der Waals surface area contributed by atoms with Crippen molar-refractivity contribution < 1.29 is 0 Å². The Morgan fingerprint density at radius 1 is 1.00 bits per heavy atom. The predicted molar refractivity (Wildman–Crippen MR) is 65.4 cm³/mol. The highest BCUT2D eigenvalue weighted by atomic mass is 31.0. The van der Waals surface area contributed by atoms with Gasteiger partial charge in [0.25, 0.3) is 0 Å². The van der Waals surface area contributed by atoms with Gasteiger partial charge >= 0.3 is 0 Å². The zero-order chi connectivity index (χ0) is 9.54. The summed E-state index contributed by atoms with van der Waals surface area (Å²) < 4.78 is 0. The highest BCUT2D eigenvalue weighted by Gasteiger charge is 2.15.